The molecule has 16 heavy (non-hydrogen) atoms. The van der Waals surface area contributed by atoms with Gasteiger partial charge >= 0.3 is 0 Å². The summed E-state index contributed by atoms with van der Waals surface area (Å²) >= 11 is 0. The summed E-state index contributed by atoms with van der Waals surface area (Å²) in [5, 5.41) is 6.15. The summed E-state index contributed by atoms with van der Waals surface area (Å²) in [6.45, 7) is 1.96. The SMILES string of the molecule is CC(=O)NCC=Cc1cccc(N=[N+]=[N-])c1. The highest BCUT2D eigenvalue weighted by Crippen LogP contribution is 2.14. The number of benzene rings is 1. The van der Waals surface area contributed by atoms with Crippen molar-refractivity contribution >= 4 is 17.7 Å². The fraction of sp³-hybridized carbons (Fsp3) is 0.182. The molecule has 1 rings (SSSR count). The summed E-state index contributed by atoms with van der Waals surface area (Å²) in [5.41, 5.74) is 9.78. The van der Waals surface area contributed by atoms with E-state index in [1.54, 1.807) is 12.1 Å². The summed E-state index contributed by atoms with van der Waals surface area (Å²) in [7, 11) is 0. The Morgan fingerprint density at radius 2 is 2.44 bits per heavy atom. The van der Waals surface area contributed by atoms with Gasteiger partial charge in [-0.25, -0.2) is 0 Å². The quantitative estimate of drug-likeness (QED) is 0.468. The van der Waals surface area contributed by atoms with Crippen molar-refractivity contribution in [3.8, 4) is 0 Å². The first-order valence-electron chi connectivity index (χ1n) is 4.78. The van der Waals surface area contributed by atoms with Gasteiger partial charge in [0.05, 0.1) is 0 Å². The molecule has 0 atom stereocenters. The maximum Gasteiger partial charge on any atom is 0.217 e. The van der Waals surface area contributed by atoms with Crippen LogP contribution in [0.2, 0.25) is 0 Å². The lowest BCUT2D eigenvalue weighted by Gasteiger charge is -1.96. The first kappa shape index (κ1) is 11.8. The van der Waals surface area contributed by atoms with Gasteiger partial charge in [0.25, 0.3) is 0 Å². The Labute approximate surface area is 93.4 Å². The Morgan fingerprint density at radius 3 is 3.12 bits per heavy atom. The van der Waals surface area contributed by atoms with Gasteiger partial charge in [-0.05, 0) is 17.2 Å². The van der Waals surface area contributed by atoms with Crippen LogP contribution in [0.3, 0.4) is 0 Å². The number of hydrogen-bond donors (Lipinski definition) is 1. The van der Waals surface area contributed by atoms with Crippen molar-refractivity contribution in [2.45, 2.75) is 6.92 Å². The molecule has 1 aromatic carbocycles. The van der Waals surface area contributed by atoms with Gasteiger partial charge in [0.2, 0.25) is 5.91 Å². The van der Waals surface area contributed by atoms with E-state index in [1.807, 2.05) is 24.3 Å². The van der Waals surface area contributed by atoms with Crippen LogP contribution in [0, 0.1) is 0 Å². The van der Waals surface area contributed by atoms with Gasteiger partial charge in [-0.1, -0.05) is 35.5 Å². The van der Waals surface area contributed by atoms with Crippen LogP contribution >= 0.6 is 0 Å². The van der Waals surface area contributed by atoms with E-state index in [4.69, 9.17) is 5.53 Å². The lowest BCUT2D eigenvalue weighted by atomic mass is 10.2. The molecule has 0 spiro atoms. The molecule has 1 amide bonds. The van der Waals surface area contributed by atoms with Gasteiger partial charge in [0, 0.05) is 24.1 Å². The van der Waals surface area contributed by atoms with Crippen LogP contribution < -0.4 is 5.32 Å². The molecule has 82 valence electrons. The van der Waals surface area contributed by atoms with Gasteiger partial charge in [-0.2, -0.15) is 0 Å². The lowest BCUT2D eigenvalue weighted by Crippen LogP contribution is -2.19. The van der Waals surface area contributed by atoms with Crippen molar-refractivity contribution in [1.82, 2.24) is 5.32 Å². The number of rotatable bonds is 4. The summed E-state index contributed by atoms with van der Waals surface area (Å²) in [5.74, 6) is -0.0625. The third kappa shape index (κ3) is 4.30. The Kier molecular flexibility index (Phi) is 4.63. The highest BCUT2D eigenvalue weighted by molar-refractivity contribution is 5.73. The maximum absolute atomic E-state index is 10.6. The van der Waals surface area contributed by atoms with Gasteiger partial charge in [0.1, 0.15) is 0 Å². The molecule has 0 heterocycles. The van der Waals surface area contributed by atoms with Crippen molar-refractivity contribution in [3.05, 3.63) is 46.3 Å². The normalized spacial score (nSPS) is 9.81. The molecule has 0 saturated carbocycles. The number of hydrogen-bond acceptors (Lipinski definition) is 2. The van der Waals surface area contributed by atoms with E-state index in [0.717, 1.165) is 5.56 Å². The molecular formula is C11H12N4O. The van der Waals surface area contributed by atoms with Crippen molar-refractivity contribution in [1.29, 1.82) is 0 Å². The van der Waals surface area contributed by atoms with Gasteiger partial charge in [0.15, 0.2) is 0 Å². The van der Waals surface area contributed by atoms with Crippen LogP contribution in [0.15, 0.2) is 35.5 Å². The molecule has 0 radical (unpaired) electrons. The van der Waals surface area contributed by atoms with E-state index in [0.29, 0.717) is 12.2 Å². The summed E-state index contributed by atoms with van der Waals surface area (Å²) < 4.78 is 0. The second kappa shape index (κ2) is 6.27. The second-order valence-corrected chi connectivity index (χ2v) is 3.12. The maximum atomic E-state index is 10.6. The molecular weight excluding hydrogens is 204 g/mol. The zero-order valence-corrected chi connectivity index (χ0v) is 8.92. The number of azide groups is 1. The molecule has 1 aromatic rings. The minimum absolute atomic E-state index is 0.0625. The minimum Gasteiger partial charge on any atom is -0.353 e. The average Bonchev–Trinajstić information content (AvgIpc) is 2.25. The molecule has 0 aliphatic rings. The molecule has 0 unspecified atom stereocenters. The van der Waals surface area contributed by atoms with E-state index < -0.39 is 0 Å². The Bertz CT molecular complexity index is 447. The van der Waals surface area contributed by atoms with Crippen LogP contribution in [-0.2, 0) is 4.79 Å². The Balaban J connectivity index is 2.62. The third-order valence-corrected chi connectivity index (χ3v) is 1.81. The topological polar surface area (TPSA) is 77.9 Å². The molecule has 0 aliphatic heterocycles. The summed E-state index contributed by atoms with van der Waals surface area (Å²) in [4.78, 5) is 13.3. The van der Waals surface area contributed by atoms with Gasteiger partial charge < -0.3 is 5.32 Å². The van der Waals surface area contributed by atoms with Crippen LogP contribution in [0.25, 0.3) is 16.5 Å². The van der Waals surface area contributed by atoms with E-state index in [2.05, 4.69) is 15.3 Å². The molecule has 0 saturated heterocycles. The predicted molar refractivity (Wildman–Crippen MR) is 63.0 cm³/mol. The summed E-state index contributed by atoms with van der Waals surface area (Å²) in [6, 6.07) is 7.19. The molecule has 5 nitrogen and oxygen atoms in total. The van der Waals surface area contributed by atoms with Crippen molar-refractivity contribution < 1.29 is 4.79 Å². The average molecular weight is 216 g/mol. The molecule has 0 bridgehead atoms. The monoisotopic (exact) mass is 216 g/mol. The Hall–Kier alpha value is -2.26. The van der Waals surface area contributed by atoms with Crippen LogP contribution in [0.5, 0.6) is 0 Å². The zero-order valence-electron chi connectivity index (χ0n) is 8.92. The highest BCUT2D eigenvalue weighted by atomic mass is 16.1. The number of carbonyl (C=O) groups is 1. The van der Waals surface area contributed by atoms with Crippen LogP contribution in [-0.4, -0.2) is 12.5 Å². The van der Waals surface area contributed by atoms with E-state index in [-0.39, 0.29) is 5.91 Å². The first-order chi connectivity index (χ1) is 7.72. The summed E-state index contributed by atoms with van der Waals surface area (Å²) in [6.07, 6.45) is 3.68. The highest BCUT2D eigenvalue weighted by Gasteiger charge is 1.90. The van der Waals surface area contributed by atoms with Crippen molar-refractivity contribution in [2.24, 2.45) is 5.11 Å². The molecule has 0 aromatic heterocycles. The van der Waals surface area contributed by atoms with E-state index >= 15 is 0 Å². The van der Waals surface area contributed by atoms with Gasteiger partial charge in [-0.3, -0.25) is 4.79 Å². The first-order valence-corrected chi connectivity index (χ1v) is 4.78. The van der Waals surface area contributed by atoms with Gasteiger partial charge in [-0.15, -0.1) is 0 Å². The smallest absolute Gasteiger partial charge is 0.217 e. The number of amides is 1. The predicted octanol–water partition coefficient (Wildman–Crippen LogP) is 2.78. The number of nitrogens with zero attached hydrogens (tertiary/aromatic N) is 3. The molecule has 0 aliphatic carbocycles. The molecule has 1 N–H and O–H groups in total. The van der Waals surface area contributed by atoms with Crippen molar-refractivity contribution in [2.75, 3.05) is 6.54 Å². The zero-order chi connectivity index (χ0) is 11.8. The van der Waals surface area contributed by atoms with E-state index in [9.17, 15) is 4.79 Å². The minimum atomic E-state index is -0.0625. The van der Waals surface area contributed by atoms with Crippen LogP contribution in [0.1, 0.15) is 12.5 Å². The number of carbonyl (C=O) groups excluding carboxylic acids is 1. The lowest BCUT2D eigenvalue weighted by molar-refractivity contribution is -0.118. The molecule has 5 heteroatoms. The third-order valence-electron chi connectivity index (χ3n) is 1.81. The van der Waals surface area contributed by atoms with Crippen LogP contribution in [0.4, 0.5) is 5.69 Å². The standard InChI is InChI=1S/C11H12N4O/c1-9(16)13-7-3-5-10-4-2-6-11(8-10)14-15-12/h2-6,8H,7H2,1H3,(H,13,16). The van der Waals surface area contributed by atoms with E-state index in [1.165, 1.54) is 6.92 Å². The Morgan fingerprint density at radius 1 is 1.62 bits per heavy atom. The fourth-order valence-corrected chi connectivity index (χ4v) is 1.14. The number of nitrogens with one attached hydrogen (secondary N) is 1. The second-order valence-electron chi connectivity index (χ2n) is 3.12. The fourth-order valence-electron chi connectivity index (χ4n) is 1.14. The largest absolute Gasteiger partial charge is 0.353 e. The van der Waals surface area contributed by atoms with Crippen molar-refractivity contribution in [3.63, 3.8) is 0 Å². The molecule has 0 fully saturated rings.